The van der Waals surface area contributed by atoms with Gasteiger partial charge in [-0.15, -0.1) is 0 Å². The molecule has 0 heterocycles. The van der Waals surface area contributed by atoms with Crippen LogP contribution < -0.4 is 0 Å². The number of rotatable bonds is 8. The first-order chi connectivity index (χ1) is 10.2. The molecule has 0 saturated heterocycles. The number of hydrogen-bond donors (Lipinski definition) is 3. The summed E-state index contributed by atoms with van der Waals surface area (Å²) in [6.07, 6.45) is 0. The third-order valence-electron chi connectivity index (χ3n) is 1.17. The third kappa shape index (κ3) is 34.9. The van der Waals surface area contributed by atoms with Gasteiger partial charge in [-0.05, 0) is 0 Å². The van der Waals surface area contributed by atoms with Gasteiger partial charge in [-0.2, -0.15) is 0 Å². The van der Waals surface area contributed by atoms with E-state index < -0.39 is 42.9 Å². The van der Waals surface area contributed by atoms with Crippen LogP contribution in [0.4, 0.5) is 0 Å². The Morgan fingerprint density at radius 3 is 0.826 bits per heavy atom. The minimum absolute atomic E-state index is 0.215. The second-order valence-electron chi connectivity index (χ2n) is 3.90. The van der Waals surface area contributed by atoms with Gasteiger partial charge in [0.25, 0.3) is 0 Å². The van der Waals surface area contributed by atoms with Crippen molar-refractivity contribution < 1.29 is 38.4 Å². The predicted molar refractivity (Wildman–Crippen MR) is 84.2 cm³/mol. The quantitative estimate of drug-likeness (QED) is 0.362. The Kier molecular flexibility index (Phi) is 18.7. The molecular formula is C10H29As3O10. The Hall–Kier alpha value is 0.795. The summed E-state index contributed by atoms with van der Waals surface area (Å²) < 4.78 is 74.2. The molecule has 0 aromatic carbocycles. The van der Waals surface area contributed by atoms with Crippen molar-refractivity contribution in [1.82, 2.24) is 0 Å². The number of hydrogen-bond acceptors (Lipinski definition) is 7. The molecule has 0 aliphatic carbocycles. The Balaban J connectivity index is -0.000000273. The van der Waals surface area contributed by atoms with Crippen molar-refractivity contribution in [2.45, 2.75) is 39.1 Å². The van der Waals surface area contributed by atoms with Crippen molar-refractivity contribution in [2.24, 2.45) is 0 Å². The van der Waals surface area contributed by atoms with Gasteiger partial charge in [0, 0.05) is 0 Å². The summed E-state index contributed by atoms with van der Waals surface area (Å²) in [5.74, 6) is 0. The molecule has 0 atom stereocenters. The van der Waals surface area contributed by atoms with Gasteiger partial charge < -0.3 is 0 Å². The van der Waals surface area contributed by atoms with Gasteiger partial charge in [0.2, 0.25) is 0 Å². The molecule has 0 spiro atoms. The van der Waals surface area contributed by atoms with Crippen LogP contribution >= 0.6 is 0 Å². The molecule has 0 aromatic heterocycles. The van der Waals surface area contributed by atoms with Crippen molar-refractivity contribution in [3.8, 4) is 0 Å². The molecule has 23 heavy (non-hydrogen) atoms. The van der Waals surface area contributed by atoms with E-state index in [0.717, 1.165) is 0 Å². The SMILES string of the molecule is CCO[As](=O)(O)OCC.CCO[As](=O)(O)OCC.C[As](C)(=O)O. The van der Waals surface area contributed by atoms with E-state index in [-0.39, 0.29) is 26.4 Å². The van der Waals surface area contributed by atoms with Gasteiger partial charge in [-0.1, -0.05) is 0 Å². The molecule has 0 bridgehead atoms. The van der Waals surface area contributed by atoms with Crippen LogP contribution in [-0.4, -0.2) is 81.6 Å². The van der Waals surface area contributed by atoms with E-state index in [9.17, 15) is 11.2 Å². The molecule has 0 aliphatic rings. The second-order valence-corrected chi connectivity index (χ2v) is 15.4. The van der Waals surface area contributed by atoms with Crippen molar-refractivity contribution in [2.75, 3.05) is 26.4 Å². The van der Waals surface area contributed by atoms with Crippen LogP contribution in [0.3, 0.4) is 0 Å². The van der Waals surface area contributed by atoms with Crippen molar-refractivity contribution >= 4 is 42.9 Å². The average Bonchev–Trinajstić information content (AvgIpc) is 2.26. The molecule has 0 rings (SSSR count). The molecule has 0 fully saturated rings. The van der Waals surface area contributed by atoms with Crippen LogP contribution in [-0.2, 0) is 26.1 Å². The first-order valence-corrected chi connectivity index (χ1v) is 18.4. The summed E-state index contributed by atoms with van der Waals surface area (Å²) in [5, 5.41) is 0. The van der Waals surface area contributed by atoms with Crippen LogP contribution in [0.5, 0.6) is 0 Å². The second kappa shape index (κ2) is 15.1. The van der Waals surface area contributed by atoms with E-state index in [1.165, 1.54) is 11.4 Å². The van der Waals surface area contributed by atoms with Gasteiger partial charge in [0.1, 0.15) is 0 Å². The maximum atomic E-state index is 10.6. The third-order valence-corrected chi connectivity index (χ3v) is 6.07. The fourth-order valence-corrected chi connectivity index (χ4v) is 3.78. The summed E-state index contributed by atoms with van der Waals surface area (Å²) >= 11 is -11.7. The predicted octanol–water partition coefficient (Wildman–Crippen LogP) is -0.0534. The van der Waals surface area contributed by atoms with Crippen LogP contribution in [0.2, 0.25) is 11.4 Å². The molecule has 13 heteroatoms. The van der Waals surface area contributed by atoms with Gasteiger partial charge in [0.05, 0.1) is 0 Å². The summed E-state index contributed by atoms with van der Waals surface area (Å²) in [7, 11) is 0. The normalized spacial score (nSPS) is 11.9. The summed E-state index contributed by atoms with van der Waals surface area (Å²) in [6, 6.07) is 0. The van der Waals surface area contributed by atoms with Crippen LogP contribution in [0, 0.1) is 0 Å². The van der Waals surface area contributed by atoms with E-state index in [4.69, 9.17) is 12.3 Å². The van der Waals surface area contributed by atoms with Crippen molar-refractivity contribution in [3.05, 3.63) is 0 Å². The maximum absolute atomic E-state index is 10.6. The molecule has 0 radical (unpaired) electrons. The van der Waals surface area contributed by atoms with Crippen LogP contribution in [0.25, 0.3) is 0 Å². The molecule has 0 aliphatic heterocycles. The first-order valence-electron chi connectivity index (χ1n) is 6.76. The zero-order valence-electron chi connectivity index (χ0n) is 14.4. The fraction of sp³-hybridized carbons (Fsp3) is 1.00. The van der Waals surface area contributed by atoms with Crippen LogP contribution in [0.1, 0.15) is 27.7 Å². The van der Waals surface area contributed by atoms with Gasteiger partial charge in [0.15, 0.2) is 0 Å². The molecule has 10 nitrogen and oxygen atoms in total. The van der Waals surface area contributed by atoms with E-state index in [1.807, 2.05) is 0 Å². The van der Waals surface area contributed by atoms with Gasteiger partial charge in [-0.25, -0.2) is 0 Å². The summed E-state index contributed by atoms with van der Waals surface area (Å²) in [5.41, 5.74) is 2.72. The molecule has 3 N–H and O–H groups in total. The molecule has 0 amide bonds. The Labute approximate surface area is 146 Å². The van der Waals surface area contributed by atoms with E-state index in [0.29, 0.717) is 0 Å². The monoisotopic (exact) mass is 534 g/mol. The zero-order chi connectivity index (χ0) is 19.2. The first kappa shape index (κ1) is 28.6. The molecule has 0 unspecified atom stereocenters. The van der Waals surface area contributed by atoms with Gasteiger partial charge in [-0.3, -0.25) is 0 Å². The average molecular weight is 534 g/mol. The van der Waals surface area contributed by atoms with E-state index in [2.05, 4.69) is 14.9 Å². The van der Waals surface area contributed by atoms with Crippen molar-refractivity contribution in [1.29, 1.82) is 0 Å². The minimum atomic E-state index is -4.26. The summed E-state index contributed by atoms with van der Waals surface area (Å²) in [4.78, 5) is 0. The molecule has 0 aromatic rings. The molecule has 144 valence electrons. The summed E-state index contributed by atoms with van der Waals surface area (Å²) in [6.45, 7) is 7.43. The fourth-order valence-electron chi connectivity index (χ4n) is 0.727. The van der Waals surface area contributed by atoms with E-state index in [1.54, 1.807) is 27.7 Å². The van der Waals surface area contributed by atoms with E-state index >= 15 is 0 Å². The topological polar surface area (TPSA) is 149 Å². The Morgan fingerprint density at radius 1 is 0.609 bits per heavy atom. The molecular weight excluding hydrogens is 505 g/mol. The van der Waals surface area contributed by atoms with Crippen molar-refractivity contribution in [3.63, 3.8) is 0 Å². The Bertz CT molecular complexity index is 351. The molecule has 0 saturated carbocycles. The zero-order valence-corrected chi connectivity index (χ0v) is 20.0. The Morgan fingerprint density at radius 2 is 0.739 bits per heavy atom. The van der Waals surface area contributed by atoms with Gasteiger partial charge >= 0.3 is 147 Å². The van der Waals surface area contributed by atoms with Crippen LogP contribution in [0.15, 0.2) is 0 Å². The standard InChI is InChI=1S/2C4H11AsO4.C2H7AsO2/c2*1-3-8-5(6,7)9-4-2;1-3(2,4)5/h2*3-4H2,1-2H3,(H,6,7);1-2H3,(H,4,5).